The summed E-state index contributed by atoms with van der Waals surface area (Å²) in [5, 5.41) is 19.0. The van der Waals surface area contributed by atoms with Gasteiger partial charge in [-0.25, -0.2) is 9.97 Å². The first-order valence-electron chi connectivity index (χ1n) is 8.78. The fourth-order valence-electron chi connectivity index (χ4n) is 2.82. The van der Waals surface area contributed by atoms with Crippen molar-refractivity contribution >= 4 is 33.7 Å². The normalized spacial score (nSPS) is 14.9. The Morgan fingerprint density at radius 3 is 3.00 bits per heavy atom. The second-order valence-electron chi connectivity index (χ2n) is 6.17. The molecule has 138 valence electrons. The predicted octanol–water partition coefficient (Wildman–Crippen LogP) is 2.68. The van der Waals surface area contributed by atoms with Crippen LogP contribution in [0.15, 0.2) is 52.6 Å². The van der Waals surface area contributed by atoms with Gasteiger partial charge in [0.1, 0.15) is 11.9 Å². The van der Waals surface area contributed by atoms with E-state index in [4.69, 9.17) is 0 Å². The Bertz CT molecular complexity index is 969. The van der Waals surface area contributed by atoms with Crippen molar-refractivity contribution in [2.75, 3.05) is 18.4 Å². The van der Waals surface area contributed by atoms with Crippen LogP contribution in [0.1, 0.15) is 23.9 Å². The standard InChI is InChI=1S/C19H20N6OS/c26-18(22-11-13-3-1-6-20-9-13)16-17-15(5-8-27-17)24-19(25-16)23-12-14-4-2-7-21-10-14/h1,3-6,8-10,18,22,26H,2,7,11-12H2,(H,23,24,25). The van der Waals surface area contributed by atoms with Gasteiger partial charge in [0.05, 0.1) is 10.2 Å². The van der Waals surface area contributed by atoms with E-state index in [1.54, 1.807) is 12.4 Å². The van der Waals surface area contributed by atoms with E-state index in [1.165, 1.54) is 11.3 Å². The minimum Gasteiger partial charge on any atom is -0.373 e. The van der Waals surface area contributed by atoms with E-state index in [0.29, 0.717) is 24.7 Å². The third kappa shape index (κ3) is 4.36. The maximum atomic E-state index is 10.7. The number of nitrogens with zero attached hydrogens (tertiary/aromatic N) is 4. The molecule has 0 spiro atoms. The third-order valence-corrected chi connectivity index (χ3v) is 5.11. The fraction of sp³-hybridized carbons (Fsp3) is 0.263. The molecule has 0 saturated heterocycles. The number of fused-ring (bicyclic) bond motifs is 1. The lowest BCUT2D eigenvalue weighted by Crippen LogP contribution is -2.22. The van der Waals surface area contributed by atoms with Gasteiger partial charge in [-0.1, -0.05) is 12.1 Å². The van der Waals surface area contributed by atoms with Crippen molar-refractivity contribution in [1.82, 2.24) is 20.3 Å². The van der Waals surface area contributed by atoms with Crippen LogP contribution in [-0.4, -0.2) is 39.4 Å². The largest absolute Gasteiger partial charge is 0.373 e. The minimum absolute atomic E-state index is 0.498. The highest BCUT2D eigenvalue weighted by atomic mass is 32.1. The number of hydrogen-bond donors (Lipinski definition) is 3. The van der Waals surface area contributed by atoms with E-state index in [1.807, 2.05) is 29.8 Å². The second kappa shape index (κ2) is 8.34. The monoisotopic (exact) mass is 380 g/mol. The first-order chi connectivity index (χ1) is 13.3. The average Bonchev–Trinajstić information content (AvgIpc) is 3.20. The van der Waals surface area contributed by atoms with Gasteiger partial charge in [0.15, 0.2) is 0 Å². The Hall–Kier alpha value is -2.68. The minimum atomic E-state index is -0.898. The molecule has 1 aliphatic rings. The molecule has 1 atom stereocenters. The molecular formula is C19H20N6OS. The number of nitrogens with one attached hydrogen (secondary N) is 2. The Morgan fingerprint density at radius 1 is 1.22 bits per heavy atom. The number of anilines is 1. The van der Waals surface area contributed by atoms with Crippen molar-refractivity contribution in [3.63, 3.8) is 0 Å². The summed E-state index contributed by atoms with van der Waals surface area (Å²) in [6.07, 6.45) is 7.60. The van der Waals surface area contributed by atoms with Gasteiger partial charge in [0.25, 0.3) is 0 Å². The molecule has 3 aromatic heterocycles. The number of hydrogen-bond acceptors (Lipinski definition) is 8. The Kier molecular flexibility index (Phi) is 5.47. The first-order valence-corrected chi connectivity index (χ1v) is 9.66. The van der Waals surface area contributed by atoms with Crippen LogP contribution in [0.25, 0.3) is 10.2 Å². The van der Waals surface area contributed by atoms with Crippen LogP contribution < -0.4 is 10.6 Å². The number of dihydropyridines is 1. The number of thiophene rings is 1. The van der Waals surface area contributed by atoms with Crippen LogP contribution in [0.2, 0.25) is 0 Å². The van der Waals surface area contributed by atoms with Crippen LogP contribution >= 0.6 is 11.3 Å². The molecule has 0 radical (unpaired) electrons. The number of pyridine rings is 1. The zero-order valence-corrected chi connectivity index (χ0v) is 15.5. The quantitative estimate of drug-likeness (QED) is 0.546. The summed E-state index contributed by atoms with van der Waals surface area (Å²) in [7, 11) is 0. The maximum absolute atomic E-state index is 10.7. The summed E-state index contributed by atoms with van der Waals surface area (Å²) < 4.78 is 0.880. The van der Waals surface area contributed by atoms with Crippen molar-refractivity contribution in [3.05, 3.63) is 58.9 Å². The number of rotatable bonds is 7. The van der Waals surface area contributed by atoms with Gasteiger partial charge in [-0.3, -0.25) is 15.3 Å². The highest BCUT2D eigenvalue weighted by molar-refractivity contribution is 7.17. The van der Waals surface area contributed by atoms with E-state index < -0.39 is 6.23 Å². The third-order valence-electron chi connectivity index (χ3n) is 4.18. The molecule has 27 heavy (non-hydrogen) atoms. The van der Waals surface area contributed by atoms with Gasteiger partial charge in [-0.2, -0.15) is 0 Å². The molecule has 4 rings (SSSR count). The molecule has 1 aliphatic heterocycles. The summed E-state index contributed by atoms with van der Waals surface area (Å²) in [5.41, 5.74) is 3.51. The summed E-state index contributed by atoms with van der Waals surface area (Å²) in [6, 6.07) is 5.77. The summed E-state index contributed by atoms with van der Waals surface area (Å²) >= 11 is 1.52. The topological polar surface area (TPSA) is 95.3 Å². The highest BCUT2D eigenvalue weighted by Gasteiger charge is 2.16. The number of aromatic nitrogens is 3. The zero-order valence-electron chi connectivity index (χ0n) is 14.7. The molecule has 0 bridgehead atoms. The van der Waals surface area contributed by atoms with Crippen LogP contribution in [-0.2, 0) is 6.54 Å². The zero-order chi connectivity index (χ0) is 18.5. The molecule has 7 nitrogen and oxygen atoms in total. The first kappa shape index (κ1) is 17.7. The molecule has 0 fully saturated rings. The van der Waals surface area contributed by atoms with Crippen LogP contribution in [0.3, 0.4) is 0 Å². The summed E-state index contributed by atoms with van der Waals surface area (Å²) in [4.78, 5) is 17.5. The van der Waals surface area contributed by atoms with Crippen LogP contribution in [0, 0.1) is 0 Å². The van der Waals surface area contributed by atoms with E-state index in [-0.39, 0.29) is 0 Å². The smallest absolute Gasteiger partial charge is 0.223 e. The van der Waals surface area contributed by atoms with Crippen molar-refractivity contribution in [2.24, 2.45) is 4.99 Å². The molecule has 0 aromatic carbocycles. The summed E-state index contributed by atoms with van der Waals surface area (Å²) in [6.45, 7) is 1.95. The Labute approximate surface area is 160 Å². The lowest BCUT2D eigenvalue weighted by atomic mass is 10.2. The van der Waals surface area contributed by atoms with Gasteiger partial charge in [0.2, 0.25) is 5.95 Å². The fourth-order valence-corrected chi connectivity index (χ4v) is 3.67. The molecule has 8 heteroatoms. The van der Waals surface area contributed by atoms with Gasteiger partial charge < -0.3 is 10.4 Å². The molecule has 3 N–H and O–H groups in total. The second-order valence-corrected chi connectivity index (χ2v) is 7.08. The van der Waals surface area contributed by atoms with Crippen molar-refractivity contribution in [1.29, 1.82) is 0 Å². The molecule has 0 amide bonds. The molecule has 3 aromatic rings. The van der Waals surface area contributed by atoms with E-state index >= 15 is 0 Å². The predicted molar refractivity (Wildman–Crippen MR) is 108 cm³/mol. The van der Waals surface area contributed by atoms with Gasteiger partial charge in [-0.05, 0) is 35.1 Å². The van der Waals surface area contributed by atoms with Gasteiger partial charge in [0, 0.05) is 38.2 Å². The molecule has 0 saturated carbocycles. The van der Waals surface area contributed by atoms with Crippen molar-refractivity contribution < 1.29 is 5.11 Å². The van der Waals surface area contributed by atoms with Crippen LogP contribution in [0.5, 0.6) is 0 Å². The highest BCUT2D eigenvalue weighted by Crippen LogP contribution is 2.27. The molecular weight excluding hydrogens is 360 g/mol. The van der Waals surface area contributed by atoms with Crippen LogP contribution in [0.4, 0.5) is 5.95 Å². The van der Waals surface area contributed by atoms with Gasteiger partial charge >= 0.3 is 0 Å². The van der Waals surface area contributed by atoms with Crippen molar-refractivity contribution in [2.45, 2.75) is 19.2 Å². The number of aliphatic hydroxyl groups is 1. The SMILES string of the molecule is OC(NCc1cccnc1)c1nc(NCC2=CCCN=C2)nc2ccsc12. The van der Waals surface area contributed by atoms with E-state index in [9.17, 15) is 5.11 Å². The van der Waals surface area contributed by atoms with E-state index in [0.717, 1.165) is 34.3 Å². The molecule has 0 aliphatic carbocycles. The maximum Gasteiger partial charge on any atom is 0.223 e. The lowest BCUT2D eigenvalue weighted by molar-refractivity contribution is 0.134. The number of aliphatic imine (C=N–C) groups is 1. The average molecular weight is 380 g/mol. The van der Waals surface area contributed by atoms with E-state index in [2.05, 4.69) is 36.7 Å². The van der Waals surface area contributed by atoms with Gasteiger partial charge in [-0.15, -0.1) is 11.3 Å². The summed E-state index contributed by atoms with van der Waals surface area (Å²) in [5.74, 6) is 0.498. The number of aliphatic hydroxyl groups excluding tert-OH is 1. The van der Waals surface area contributed by atoms with Crippen molar-refractivity contribution in [3.8, 4) is 0 Å². The molecule has 1 unspecified atom stereocenters. The molecule has 4 heterocycles. The lowest BCUT2D eigenvalue weighted by Gasteiger charge is -2.15. The Balaban J connectivity index is 1.51. The Morgan fingerprint density at radius 2 is 2.19 bits per heavy atom.